The maximum Gasteiger partial charge on any atom is 0.339 e. The van der Waals surface area contributed by atoms with Crippen LogP contribution in [-0.2, 0) is 11.3 Å². The molecule has 0 bridgehead atoms. The fraction of sp³-hybridized carbons (Fsp3) is 0.100. The summed E-state index contributed by atoms with van der Waals surface area (Å²) in [5.41, 5.74) is 2.34. The Balaban J connectivity index is 2.49. The Morgan fingerprint density at radius 1 is 1.23 bits per heavy atom. The zero-order chi connectivity index (χ0) is 8.84. The van der Waals surface area contributed by atoms with E-state index in [4.69, 9.17) is 9.15 Å². The first-order chi connectivity index (χ1) is 6.36. The first-order valence-electron chi connectivity index (χ1n) is 4.02. The number of rotatable bonds is 0. The molecular formula is C10H6O3. The highest BCUT2D eigenvalue weighted by atomic mass is 16.5. The van der Waals surface area contributed by atoms with E-state index in [0.717, 1.165) is 16.5 Å². The highest BCUT2D eigenvalue weighted by molar-refractivity contribution is 6.06. The zero-order valence-corrected chi connectivity index (χ0v) is 6.74. The van der Waals surface area contributed by atoms with Gasteiger partial charge in [0.1, 0.15) is 12.2 Å². The Kier molecular flexibility index (Phi) is 1.10. The van der Waals surface area contributed by atoms with Crippen molar-refractivity contribution in [2.45, 2.75) is 6.61 Å². The molecule has 1 aliphatic rings. The molecule has 3 nitrogen and oxygen atoms in total. The van der Waals surface area contributed by atoms with E-state index in [1.165, 1.54) is 0 Å². The first kappa shape index (κ1) is 6.71. The van der Waals surface area contributed by atoms with Crippen molar-refractivity contribution in [1.29, 1.82) is 0 Å². The van der Waals surface area contributed by atoms with Crippen molar-refractivity contribution in [3.8, 4) is 0 Å². The Bertz CT molecular complexity index is 496. The number of cyclic esters (lactones) is 1. The zero-order valence-electron chi connectivity index (χ0n) is 6.74. The van der Waals surface area contributed by atoms with Gasteiger partial charge in [0.05, 0.1) is 11.8 Å². The minimum Gasteiger partial charge on any atom is -0.464 e. The molecule has 0 N–H and O–H groups in total. The van der Waals surface area contributed by atoms with Crippen LogP contribution in [0.5, 0.6) is 0 Å². The number of hydrogen-bond donors (Lipinski definition) is 0. The van der Waals surface area contributed by atoms with Crippen molar-refractivity contribution in [3.63, 3.8) is 0 Å². The number of fused-ring (bicyclic) bond motifs is 3. The largest absolute Gasteiger partial charge is 0.464 e. The standard InChI is InChI=1S/C10H6O3/c11-10-9-6(5-13-10)1-2-8-7(9)3-4-12-8/h1-4H,5H2. The Hall–Kier alpha value is -1.77. The molecule has 64 valence electrons. The fourth-order valence-electron chi connectivity index (χ4n) is 1.67. The first-order valence-corrected chi connectivity index (χ1v) is 4.02. The van der Waals surface area contributed by atoms with Crippen LogP contribution in [0.4, 0.5) is 0 Å². The third-order valence-electron chi connectivity index (χ3n) is 2.28. The molecule has 1 aromatic heterocycles. The molecule has 0 amide bonds. The monoisotopic (exact) mass is 174 g/mol. The summed E-state index contributed by atoms with van der Waals surface area (Å²) >= 11 is 0. The molecule has 3 heteroatoms. The third-order valence-corrected chi connectivity index (χ3v) is 2.28. The lowest BCUT2D eigenvalue weighted by Crippen LogP contribution is -1.93. The molecule has 13 heavy (non-hydrogen) atoms. The SMILES string of the molecule is O=C1OCc2ccc3occc3c21. The summed E-state index contributed by atoms with van der Waals surface area (Å²) in [7, 11) is 0. The van der Waals surface area contributed by atoms with Crippen molar-refractivity contribution in [3.05, 3.63) is 35.6 Å². The van der Waals surface area contributed by atoms with Crippen molar-refractivity contribution in [2.75, 3.05) is 0 Å². The van der Waals surface area contributed by atoms with Crippen LogP contribution in [0.25, 0.3) is 11.0 Å². The lowest BCUT2D eigenvalue weighted by Gasteiger charge is -1.93. The summed E-state index contributed by atoms with van der Waals surface area (Å²) in [5, 5.41) is 0.847. The van der Waals surface area contributed by atoms with Crippen LogP contribution in [-0.4, -0.2) is 5.97 Å². The Morgan fingerprint density at radius 3 is 3.08 bits per heavy atom. The van der Waals surface area contributed by atoms with Crippen LogP contribution in [0, 0.1) is 0 Å². The van der Waals surface area contributed by atoms with Gasteiger partial charge in [-0.3, -0.25) is 0 Å². The molecule has 1 aromatic carbocycles. The van der Waals surface area contributed by atoms with Gasteiger partial charge in [-0.25, -0.2) is 4.79 Å². The minimum atomic E-state index is -0.248. The number of carbonyl (C=O) groups is 1. The summed E-state index contributed by atoms with van der Waals surface area (Å²) < 4.78 is 10.1. The van der Waals surface area contributed by atoms with Crippen molar-refractivity contribution in [2.24, 2.45) is 0 Å². The molecular weight excluding hydrogens is 168 g/mol. The Labute approximate surface area is 73.9 Å². The van der Waals surface area contributed by atoms with Gasteiger partial charge in [-0.15, -0.1) is 0 Å². The maximum absolute atomic E-state index is 11.3. The summed E-state index contributed by atoms with van der Waals surface area (Å²) in [6.45, 7) is 0.384. The van der Waals surface area contributed by atoms with Crippen LogP contribution in [0.3, 0.4) is 0 Å². The normalized spacial score (nSPS) is 14.6. The smallest absolute Gasteiger partial charge is 0.339 e. The summed E-state index contributed by atoms with van der Waals surface area (Å²) in [6.07, 6.45) is 1.58. The number of esters is 1. The number of benzene rings is 1. The van der Waals surface area contributed by atoms with Crippen molar-refractivity contribution < 1.29 is 13.9 Å². The van der Waals surface area contributed by atoms with E-state index in [9.17, 15) is 4.79 Å². The quantitative estimate of drug-likeness (QED) is 0.574. The van der Waals surface area contributed by atoms with Gasteiger partial charge < -0.3 is 9.15 Å². The van der Waals surface area contributed by atoms with Gasteiger partial charge in [-0.2, -0.15) is 0 Å². The minimum absolute atomic E-state index is 0.248. The molecule has 0 unspecified atom stereocenters. The predicted octanol–water partition coefficient (Wildman–Crippen LogP) is 2.10. The second-order valence-corrected chi connectivity index (χ2v) is 3.01. The van der Waals surface area contributed by atoms with Gasteiger partial charge in [0.15, 0.2) is 0 Å². The molecule has 1 aliphatic heterocycles. The molecule has 0 saturated carbocycles. The van der Waals surface area contributed by atoms with E-state index < -0.39 is 0 Å². The molecule has 0 radical (unpaired) electrons. The third kappa shape index (κ3) is 0.758. The maximum atomic E-state index is 11.3. The van der Waals surface area contributed by atoms with Crippen molar-refractivity contribution in [1.82, 2.24) is 0 Å². The topological polar surface area (TPSA) is 39.4 Å². The highest BCUT2D eigenvalue weighted by Crippen LogP contribution is 2.28. The fourth-order valence-corrected chi connectivity index (χ4v) is 1.67. The molecule has 2 aromatic rings. The highest BCUT2D eigenvalue weighted by Gasteiger charge is 2.24. The number of ether oxygens (including phenoxy) is 1. The summed E-state index contributed by atoms with van der Waals surface area (Å²) in [4.78, 5) is 11.3. The second-order valence-electron chi connectivity index (χ2n) is 3.01. The molecule has 3 rings (SSSR count). The van der Waals surface area contributed by atoms with E-state index in [2.05, 4.69) is 0 Å². The van der Waals surface area contributed by atoms with Gasteiger partial charge in [0.25, 0.3) is 0 Å². The van der Waals surface area contributed by atoms with Gasteiger partial charge in [-0.05, 0) is 12.1 Å². The lowest BCUT2D eigenvalue weighted by molar-refractivity contribution is 0.0536. The van der Waals surface area contributed by atoms with Crippen LogP contribution in [0.1, 0.15) is 15.9 Å². The lowest BCUT2D eigenvalue weighted by atomic mass is 10.1. The molecule has 0 spiro atoms. The summed E-state index contributed by atoms with van der Waals surface area (Å²) in [5.74, 6) is -0.248. The van der Waals surface area contributed by atoms with Crippen LogP contribution in [0.15, 0.2) is 28.9 Å². The molecule has 0 atom stereocenters. The predicted molar refractivity (Wildman–Crippen MR) is 45.3 cm³/mol. The molecule has 0 fully saturated rings. The molecule has 0 aliphatic carbocycles. The van der Waals surface area contributed by atoms with E-state index in [-0.39, 0.29) is 5.97 Å². The second kappa shape index (κ2) is 2.13. The van der Waals surface area contributed by atoms with Crippen LogP contribution < -0.4 is 0 Å². The van der Waals surface area contributed by atoms with Gasteiger partial charge in [0, 0.05) is 10.9 Å². The van der Waals surface area contributed by atoms with E-state index >= 15 is 0 Å². The number of carbonyl (C=O) groups excluding carboxylic acids is 1. The number of furan rings is 1. The van der Waals surface area contributed by atoms with Gasteiger partial charge in [-0.1, -0.05) is 6.07 Å². The van der Waals surface area contributed by atoms with E-state index in [1.54, 1.807) is 12.3 Å². The van der Waals surface area contributed by atoms with Gasteiger partial charge in [0.2, 0.25) is 0 Å². The molecule has 2 heterocycles. The van der Waals surface area contributed by atoms with Gasteiger partial charge >= 0.3 is 5.97 Å². The van der Waals surface area contributed by atoms with Crippen molar-refractivity contribution >= 4 is 16.9 Å². The molecule has 0 saturated heterocycles. The number of hydrogen-bond acceptors (Lipinski definition) is 3. The van der Waals surface area contributed by atoms with E-state index in [1.807, 2.05) is 12.1 Å². The summed E-state index contributed by atoms with van der Waals surface area (Å²) in [6, 6.07) is 5.52. The Morgan fingerprint density at radius 2 is 2.15 bits per heavy atom. The average molecular weight is 174 g/mol. The average Bonchev–Trinajstić information content (AvgIpc) is 2.70. The van der Waals surface area contributed by atoms with Crippen LogP contribution >= 0.6 is 0 Å². The van der Waals surface area contributed by atoms with E-state index in [0.29, 0.717) is 12.2 Å². The van der Waals surface area contributed by atoms with Crippen LogP contribution in [0.2, 0.25) is 0 Å².